The molecule has 0 aliphatic carbocycles. The van der Waals surface area contributed by atoms with Crippen molar-refractivity contribution < 1.29 is 4.42 Å². The summed E-state index contributed by atoms with van der Waals surface area (Å²) in [6.07, 6.45) is 0. The first-order chi connectivity index (χ1) is 26.8. The fourth-order valence-corrected chi connectivity index (χ4v) is 7.98. The van der Waals surface area contributed by atoms with E-state index in [0.717, 1.165) is 55.3 Å². The van der Waals surface area contributed by atoms with Crippen molar-refractivity contribution in [2.75, 3.05) is 0 Å². The van der Waals surface area contributed by atoms with Crippen molar-refractivity contribution in [1.82, 2.24) is 19.5 Å². The first kappa shape index (κ1) is 30.3. The van der Waals surface area contributed by atoms with Crippen LogP contribution in [0.3, 0.4) is 0 Å². The average molecular weight is 691 g/mol. The van der Waals surface area contributed by atoms with E-state index >= 15 is 0 Å². The number of hydrogen-bond acceptors (Lipinski definition) is 4. The van der Waals surface area contributed by atoms with Crippen LogP contribution in [0, 0.1) is 0 Å². The van der Waals surface area contributed by atoms with Crippen molar-refractivity contribution in [2.45, 2.75) is 0 Å². The predicted molar refractivity (Wildman–Crippen MR) is 221 cm³/mol. The fourth-order valence-electron chi connectivity index (χ4n) is 7.98. The van der Waals surface area contributed by atoms with E-state index in [1.807, 2.05) is 72.8 Å². The van der Waals surface area contributed by atoms with Crippen molar-refractivity contribution in [2.24, 2.45) is 0 Å². The van der Waals surface area contributed by atoms with Crippen LogP contribution in [-0.4, -0.2) is 19.5 Å². The van der Waals surface area contributed by atoms with Gasteiger partial charge in [0, 0.05) is 38.2 Å². The summed E-state index contributed by atoms with van der Waals surface area (Å²) in [4.78, 5) is 15.2. The Kier molecular flexibility index (Phi) is 6.79. The molecule has 5 nitrogen and oxygen atoms in total. The summed E-state index contributed by atoms with van der Waals surface area (Å²) in [5, 5.41) is 6.74. The van der Waals surface area contributed by atoms with E-state index in [-0.39, 0.29) is 0 Å². The van der Waals surface area contributed by atoms with Gasteiger partial charge >= 0.3 is 0 Å². The van der Waals surface area contributed by atoms with Crippen LogP contribution in [0.25, 0.3) is 105 Å². The number of rotatable bonds is 5. The Morgan fingerprint density at radius 1 is 0.389 bits per heavy atom. The minimum absolute atomic E-state index is 0.588. The quantitative estimate of drug-likeness (QED) is 0.180. The molecule has 5 heteroatoms. The summed E-state index contributed by atoms with van der Waals surface area (Å²) in [7, 11) is 0. The van der Waals surface area contributed by atoms with Gasteiger partial charge in [-0.1, -0.05) is 146 Å². The summed E-state index contributed by atoms with van der Waals surface area (Å²) in [5.41, 5.74) is 9.84. The number of aromatic nitrogens is 4. The second-order valence-electron chi connectivity index (χ2n) is 13.6. The molecule has 252 valence electrons. The third kappa shape index (κ3) is 4.76. The third-order valence-electron chi connectivity index (χ3n) is 10.4. The SMILES string of the molecule is c1ccc(-c2nc(-c3ccccc3)nc(-c3ccc(-n4c5cc6ccccc6cc5c5c(-c6ccccc6)cccc54)c4oc5ccccc5c34)n2)cc1. The zero-order chi connectivity index (χ0) is 35.6. The molecular weight excluding hydrogens is 661 g/mol. The lowest BCUT2D eigenvalue weighted by molar-refractivity contribution is 0.666. The Balaban J connectivity index is 1.24. The normalized spacial score (nSPS) is 11.7. The van der Waals surface area contributed by atoms with Crippen molar-refractivity contribution >= 4 is 54.5 Å². The summed E-state index contributed by atoms with van der Waals surface area (Å²) in [5.74, 6) is 1.82. The maximum Gasteiger partial charge on any atom is 0.164 e. The minimum atomic E-state index is 0.588. The summed E-state index contributed by atoms with van der Waals surface area (Å²) in [6, 6.07) is 63.2. The van der Waals surface area contributed by atoms with Crippen molar-refractivity contribution in [3.05, 3.63) is 182 Å². The van der Waals surface area contributed by atoms with Crippen LogP contribution in [0.2, 0.25) is 0 Å². The molecule has 0 radical (unpaired) electrons. The van der Waals surface area contributed by atoms with Crippen LogP contribution < -0.4 is 0 Å². The van der Waals surface area contributed by atoms with E-state index in [1.165, 1.54) is 32.7 Å². The lowest BCUT2D eigenvalue weighted by Gasteiger charge is -2.13. The van der Waals surface area contributed by atoms with Gasteiger partial charge in [-0.25, -0.2) is 15.0 Å². The van der Waals surface area contributed by atoms with Crippen molar-refractivity contribution in [1.29, 1.82) is 0 Å². The Morgan fingerprint density at radius 3 is 1.69 bits per heavy atom. The van der Waals surface area contributed by atoms with Crippen LogP contribution in [0.1, 0.15) is 0 Å². The van der Waals surface area contributed by atoms with Crippen LogP contribution in [0.4, 0.5) is 0 Å². The lowest BCUT2D eigenvalue weighted by Crippen LogP contribution is -2.01. The van der Waals surface area contributed by atoms with E-state index < -0.39 is 0 Å². The molecule has 11 rings (SSSR count). The van der Waals surface area contributed by atoms with E-state index in [9.17, 15) is 0 Å². The second-order valence-corrected chi connectivity index (χ2v) is 13.6. The molecule has 0 N–H and O–H groups in total. The van der Waals surface area contributed by atoms with Gasteiger partial charge in [0.05, 0.1) is 16.7 Å². The molecule has 0 fully saturated rings. The summed E-state index contributed by atoms with van der Waals surface area (Å²) in [6.45, 7) is 0. The number of furan rings is 1. The molecule has 8 aromatic carbocycles. The van der Waals surface area contributed by atoms with Gasteiger partial charge in [-0.05, 0) is 58.3 Å². The Hall–Kier alpha value is -7.37. The Morgan fingerprint density at radius 2 is 0.981 bits per heavy atom. The Bertz CT molecular complexity index is 3140. The number of benzene rings is 8. The second kappa shape index (κ2) is 12.1. The molecule has 0 aliphatic rings. The van der Waals surface area contributed by atoms with Gasteiger partial charge in [-0.2, -0.15) is 0 Å². The minimum Gasteiger partial charge on any atom is -0.454 e. The van der Waals surface area contributed by atoms with Gasteiger partial charge in [0.25, 0.3) is 0 Å². The van der Waals surface area contributed by atoms with E-state index in [2.05, 4.69) is 114 Å². The number of para-hydroxylation sites is 1. The molecular formula is C49H30N4O. The van der Waals surface area contributed by atoms with Gasteiger partial charge in [0.1, 0.15) is 5.58 Å². The fraction of sp³-hybridized carbons (Fsp3) is 0. The molecule has 3 heterocycles. The first-order valence-corrected chi connectivity index (χ1v) is 18.1. The van der Waals surface area contributed by atoms with Crippen molar-refractivity contribution in [3.63, 3.8) is 0 Å². The summed E-state index contributed by atoms with van der Waals surface area (Å²) >= 11 is 0. The Labute approximate surface area is 310 Å². The van der Waals surface area contributed by atoms with Gasteiger partial charge < -0.3 is 8.98 Å². The maximum atomic E-state index is 6.91. The van der Waals surface area contributed by atoms with Crippen LogP contribution in [-0.2, 0) is 0 Å². The van der Waals surface area contributed by atoms with E-state index in [1.54, 1.807) is 0 Å². The first-order valence-electron chi connectivity index (χ1n) is 18.1. The topological polar surface area (TPSA) is 56.7 Å². The molecule has 0 aliphatic heterocycles. The highest BCUT2D eigenvalue weighted by atomic mass is 16.3. The number of hydrogen-bond donors (Lipinski definition) is 0. The molecule has 54 heavy (non-hydrogen) atoms. The largest absolute Gasteiger partial charge is 0.454 e. The molecule has 0 bridgehead atoms. The molecule has 0 saturated heterocycles. The maximum absolute atomic E-state index is 6.91. The molecule has 0 amide bonds. The molecule has 11 aromatic rings. The van der Waals surface area contributed by atoms with Gasteiger partial charge in [0.2, 0.25) is 0 Å². The van der Waals surface area contributed by atoms with Crippen molar-refractivity contribution in [3.8, 4) is 51.0 Å². The molecule has 3 aromatic heterocycles. The highest BCUT2D eigenvalue weighted by Gasteiger charge is 2.24. The molecule has 0 atom stereocenters. The predicted octanol–water partition coefficient (Wildman–Crippen LogP) is 12.7. The average Bonchev–Trinajstić information content (AvgIpc) is 3.79. The lowest BCUT2D eigenvalue weighted by atomic mass is 9.98. The third-order valence-corrected chi connectivity index (χ3v) is 10.4. The standard InChI is InChI=1S/C49H30N4O/c1-4-15-31(16-5-1)36-24-14-25-40-44(36)39-29-34-21-10-11-22-35(34)30-42(39)53(40)41-28-27-38(45-37-23-12-13-26-43(37)54-46(41)45)49-51-47(32-17-6-2-7-18-32)50-48(52-49)33-19-8-3-9-20-33/h1-30H. The van der Waals surface area contributed by atoms with Crippen LogP contribution in [0.5, 0.6) is 0 Å². The van der Waals surface area contributed by atoms with E-state index in [4.69, 9.17) is 19.4 Å². The zero-order valence-corrected chi connectivity index (χ0v) is 29.0. The van der Waals surface area contributed by atoms with Gasteiger partial charge in [-0.15, -0.1) is 0 Å². The highest BCUT2D eigenvalue weighted by molar-refractivity contribution is 6.20. The van der Waals surface area contributed by atoms with Crippen LogP contribution >= 0.6 is 0 Å². The monoisotopic (exact) mass is 690 g/mol. The van der Waals surface area contributed by atoms with Gasteiger partial charge in [-0.3, -0.25) is 0 Å². The number of fused-ring (bicyclic) bond motifs is 7. The zero-order valence-electron chi connectivity index (χ0n) is 29.0. The summed E-state index contributed by atoms with van der Waals surface area (Å²) < 4.78 is 9.28. The number of nitrogens with zero attached hydrogens (tertiary/aromatic N) is 4. The molecule has 0 spiro atoms. The molecule has 0 saturated carbocycles. The van der Waals surface area contributed by atoms with Gasteiger partial charge in [0.15, 0.2) is 23.1 Å². The smallest absolute Gasteiger partial charge is 0.164 e. The van der Waals surface area contributed by atoms with Crippen LogP contribution in [0.15, 0.2) is 186 Å². The molecule has 0 unspecified atom stereocenters. The van der Waals surface area contributed by atoms with E-state index in [0.29, 0.717) is 17.5 Å². The highest BCUT2D eigenvalue weighted by Crippen LogP contribution is 2.44.